The van der Waals surface area contributed by atoms with Gasteiger partial charge < -0.3 is 5.21 Å². The minimum Gasteiger partial charge on any atom is -0.411 e. The molecular formula is C14H17NO. The highest BCUT2D eigenvalue weighted by atomic mass is 16.4. The summed E-state index contributed by atoms with van der Waals surface area (Å²) in [5, 5.41) is 12.2. The van der Waals surface area contributed by atoms with Crippen molar-refractivity contribution in [3.63, 3.8) is 0 Å². The predicted molar refractivity (Wildman–Crippen MR) is 64.0 cm³/mol. The van der Waals surface area contributed by atoms with Crippen LogP contribution < -0.4 is 0 Å². The third-order valence-electron chi connectivity index (χ3n) is 4.28. The van der Waals surface area contributed by atoms with Gasteiger partial charge in [0.15, 0.2) is 0 Å². The maximum absolute atomic E-state index is 8.78. The molecule has 0 aromatic heterocycles. The van der Waals surface area contributed by atoms with Crippen LogP contribution >= 0.6 is 0 Å². The summed E-state index contributed by atoms with van der Waals surface area (Å²) in [5.41, 5.74) is 4.53. The van der Waals surface area contributed by atoms with E-state index in [0.717, 1.165) is 18.6 Å². The number of hydrogen-bond acceptors (Lipinski definition) is 2. The van der Waals surface area contributed by atoms with Crippen molar-refractivity contribution >= 4 is 5.71 Å². The number of benzene rings is 1. The fourth-order valence-electron chi connectivity index (χ4n) is 3.30. The first-order valence-electron chi connectivity index (χ1n) is 6.08. The van der Waals surface area contributed by atoms with Gasteiger partial charge in [0.05, 0.1) is 5.71 Å². The molecule has 2 aliphatic rings. The molecule has 0 aliphatic heterocycles. The summed E-state index contributed by atoms with van der Waals surface area (Å²) >= 11 is 0. The highest BCUT2D eigenvalue weighted by molar-refractivity contribution is 5.84. The van der Waals surface area contributed by atoms with Crippen molar-refractivity contribution in [2.24, 2.45) is 10.6 Å². The molecule has 2 aliphatic carbocycles. The zero-order chi connectivity index (χ0) is 11.0. The molecule has 1 N–H and O–H groups in total. The second-order valence-electron chi connectivity index (χ2n) is 5.29. The van der Waals surface area contributed by atoms with Crippen molar-refractivity contribution in [3.8, 4) is 0 Å². The highest BCUT2D eigenvalue weighted by Crippen LogP contribution is 2.46. The fraction of sp³-hybridized carbons (Fsp3) is 0.500. The minimum absolute atomic E-state index is 0.470. The molecule has 0 radical (unpaired) electrons. The monoisotopic (exact) mass is 215 g/mol. The van der Waals surface area contributed by atoms with Crippen molar-refractivity contribution in [1.82, 2.24) is 0 Å². The summed E-state index contributed by atoms with van der Waals surface area (Å²) in [4.78, 5) is 0. The summed E-state index contributed by atoms with van der Waals surface area (Å²) in [6.07, 6.45) is 6.76. The van der Waals surface area contributed by atoms with Crippen LogP contribution in [0.2, 0.25) is 0 Å². The van der Waals surface area contributed by atoms with Crippen molar-refractivity contribution in [1.29, 1.82) is 0 Å². The summed E-state index contributed by atoms with van der Waals surface area (Å²) < 4.78 is 0. The molecule has 16 heavy (non-hydrogen) atoms. The van der Waals surface area contributed by atoms with Gasteiger partial charge in [-0.3, -0.25) is 0 Å². The van der Waals surface area contributed by atoms with E-state index in [1.54, 1.807) is 0 Å². The van der Waals surface area contributed by atoms with Crippen molar-refractivity contribution in [3.05, 3.63) is 35.4 Å². The van der Waals surface area contributed by atoms with Crippen molar-refractivity contribution in [2.75, 3.05) is 0 Å². The smallest absolute Gasteiger partial charge is 0.0571 e. The fourth-order valence-corrected chi connectivity index (χ4v) is 3.30. The van der Waals surface area contributed by atoms with Crippen LogP contribution in [0.25, 0.3) is 0 Å². The lowest BCUT2D eigenvalue weighted by Crippen LogP contribution is -2.28. The molecule has 0 atom stereocenters. The standard InChI is InChI=1S/C14H17NO/c16-15-13-5-7-14(8-6-13)9-11-3-1-2-4-12(11)10-14/h1-4,16H,5-10H2. The molecule has 0 amide bonds. The first-order chi connectivity index (χ1) is 7.81. The molecule has 1 aromatic carbocycles. The van der Waals surface area contributed by atoms with Crippen LogP contribution in [0.15, 0.2) is 29.4 Å². The van der Waals surface area contributed by atoms with Gasteiger partial charge >= 0.3 is 0 Å². The maximum Gasteiger partial charge on any atom is 0.0571 e. The van der Waals surface area contributed by atoms with Gasteiger partial charge in [0.25, 0.3) is 0 Å². The largest absolute Gasteiger partial charge is 0.411 e. The Hall–Kier alpha value is -1.31. The molecule has 0 heterocycles. The van der Waals surface area contributed by atoms with Crippen LogP contribution in [-0.4, -0.2) is 10.9 Å². The van der Waals surface area contributed by atoms with Crippen LogP contribution in [0.5, 0.6) is 0 Å². The third-order valence-corrected chi connectivity index (χ3v) is 4.28. The van der Waals surface area contributed by atoms with E-state index in [0.29, 0.717) is 5.41 Å². The Balaban J connectivity index is 1.80. The summed E-state index contributed by atoms with van der Waals surface area (Å²) in [5.74, 6) is 0. The predicted octanol–water partition coefficient (Wildman–Crippen LogP) is 3.18. The molecule has 0 saturated heterocycles. The normalized spacial score (nSPS) is 22.1. The average molecular weight is 215 g/mol. The molecule has 1 saturated carbocycles. The Labute approximate surface area is 96.0 Å². The number of rotatable bonds is 0. The Morgan fingerprint density at radius 3 is 2.06 bits per heavy atom. The lowest BCUT2D eigenvalue weighted by atomic mass is 9.71. The maximum atomic E-state index is 8.78. The van der Waals surface area contributed by atoms with E-state index in [9.17, 15) is 0 Å². The van der Waals surface area contributed by atoms with E-state index in [-0.39, 0.29) is 0 Å². The van der Waals surface area contributed by atoms with E-state index >= 15 is 0 Å². The highest BCUT2D eigenvalue weighted by Gasteiger charge is 2.39. The lowest BCUT2D eigenvalue weighted by molar-refractivity contribution is 0.241. The SMILES string of the molecule is ON=C1CCC2(CC1)Cc1ccccc1C2. The number of nitrogens with zero attached hydrogens (tertiary/aromatic N) is 1. The zero-order valence-electron chi connectivity index (χ0n) is 9.45. The lowest BCUT2D eigenvalue weighted by Gasteiger charge is -2.33. The summed E-state index contributed by atoms with van der Waals surface area (Å²) in [6.45, 7) is 0. The molecule has 1 fully saturated rings. The minimum atomic E-state index is 0.470. The number of hydrogen-bond donors (Lipinski definition) is 1. The molecule has 0 unspecified atom stereocenters. The second-order valence-corrected chi connectivity index (χ2v) is 5.29. The van der Waals surface area contributed by atoms with Crippen LogP contribution in [0.1, 0.15) is 36.8 Å². The molecule has 2 nitrogen and oxygen atoms in total. The van der Waals surface area contributed by atoms with Gasteiger partial charge in [-0.15, -0.1) is 0 Å². The van der Waals surface area contributed by atoms with Crippen LogP contribution in [0.4, 0.5) is 0 Å². The number of oxime groups is 1. The van der Waals surface area contributed by atoms with Gasteiger partial charge in [-0.25, -0.2) is 0 Å². The zero-order valence-corrected chi connectivity index (χ0v) is 9.45. The second kappa shape index (κ2) is 3.62. The van der Waals surface area contributed by atoms with Crippen molar-refractivity contribution < 1.29 is 5.21 Å². The molecule has 0 bridgehead atoms. The Morgan fingerprint density at radius 1 is 1.00 bits per heavy atom. The summed E-state index contributed by atoms with van der Waals surface area (Å²) in [6, 6.07) is 8.81. The van der Waals surface area contributed by atoms with Gasteiger partial charge in [-0.2, -0.15) is 0 Å². The first kappa shape index (κ1) is 9.88. The van der Waals surface area contributed by atoms with Gasteiger partial charge in [0.1, 0.15) is 0 Å². The molecule has 3 rings (SSSR count). The van der Waals surface area contributed by atoms with Crippen LogP contribution in [0, 0.1) is 5.41 Å². The third kappa shape index (κ3) is 1.53. The molecule has 2 heteroatoms. The molecule has 84 valence electrons. The van der Waals surface area contributed by atoms with Gasteiger partial charge in [-0.05, 0) is 55.1 Å². The van der Waals surface area contributed by atoms with E-state index in [4.69, 9.17) is 5.21 Å². The Morgan fingerprint density at radius 2 is 1.56 bits per heavy atom. The van der Waals surface area contributed by atoms with E-state index < -0.39 is 0 Å². The van der Waals surface area contributed by atoms with Crippen molar-refractivity contribution in [2.45, 2.75) is 38.5 Å². The van der Waals surface area contributed by atoms with E-state index in [2.05, 4.69) is 29.4 Å². The summed E-state index contributed by atoms with van der Waals surface area (Å²) in [7, 11) is 0. The number of fused-ring (bicyclic) bond motifs is 1. The Kier molecular flexibility index (Phi) is 2.23. The Bertz CT molecular complexity index is 399. The molecule has 1 spiro atoms. The molecular weight excluding hydrogens is 198 g/mol. The van der Waals surface area contributed by atoms with Crippen LogP contribution in [-0.2, 0) is 12.8 Å². The van der Waals surface area contributed by atoms with E-state index in [1.807, 2.05) is 0 Å². The van der Waals surface area contributed by atoms with Gasteiger partial charge in [-0.1, -0.05) is 29.4 Å². The quantitative estimate of drug-likeness (QED) is 0.523. The van der Waals surface area contributed by atoms with E-state index in [1.165, 1.54) is 36.8 Å². The molecule has 1 aromatic rings. The average Bonchev–Trinajstić information content (AvgIpc) is 2.68. The first-order valence-corrected chi connectivity index (χ1v) is 6.08. The van der Waals surface area contributed by atoms with Gasteiger partial charge in [0, 0.05) is 0 Å². The van der Waals surface area contributed by atoms with Crippen LogP contribution in [0.3, 0.4) is 0 Å². The topological polar surface area (TPSA) is 32.6 Å². The van der Waals surface area contributed by atoms with Gasteiger partial charge in [0.2, 0.25) is 0 Å².